The van der Waals surface area contributed by atoms with E-state index in [0.29, 0.717) is 11.3 Å². The second-order valence-corrected chi connectivity index (χ2v) is 6.70. The van der Waals surface area contributed by atoms with E-state index in [9.17, 15) is 5.11 Å². The summed E-state index contributed by atoms with van der Waals surface area (Å²) in [4.78, 5) is 0. The summed E-state index contributed by atoms with van der Waals surface area (Å²) in [6.07, 6.45) is 6.77. The van der Waals surface area contributed by atoms with E-state index in [4.69, 9.17) is 0 Å². The summed E-state index contributed by atoms with van der Waals surface area (Å²) in [5, 5.41) is 9.58. The monoisotopic (exact) mass is 224 g/mol. The van der Waals surface area contributed by atoms with Gasteiger partial charge in [0.2, 0.25) is 0 Å². The highest BCUT2D eigenvalue weighted by atomic mass is 16.3. The lowest BCUT2D eigenvalue weighted by Crippen LogP contribution is -2.31. The molecule has 1 saturated carbocycles. The minimum atomic E-state index is -0.0384. The zero-order valence-electron chi connectivity index (χ0n) is 11.6. The van der Waals surface area contributed by atoms with Crippen LogP contribution in [0, 0.1) is 17.3 Å². The van der Waals surface area contributed by atoms with Crippen molar-refractivity contribution in [3.05, 3.63) is 11.6 Å². The van der Waals surface area contributed by atoms with Gasteiger partial charge in [-0.1, -0.05) is 32.4 Å². The molecule has 0 heterocycles. The van der Waals surface area contributed by atoms with Crippen molar-refractivity contribution in [2.45, 2.75) is 66.4 Å². The van der Waals surface area contributed by atoms with Crippen LogP contribution in [0.25, 0.3) is 0 Å². The zero-order chi connectivity index (χ0) is 12.3. The predicted molar refractivity (Wildman–Crippen MR) is 70.3 cm³/mol. The summed E-state index contributed by atoms with van der Waals surface area (Å²) in [5.41, 5.74) is 1.76. The average Bonchev–Trinajstić information content (AvgIpc) is 2.14. The molecule has 1 atom stereocenters. The van der Waals surface area contributed by atoms with Gasteiger partial charge in [0.15, 0.2) is 0 Å². The molecule has 0 aromatic carbocycles. The number of aliphatic hydroxyl groups is 1. The van der Waals surface area contributed by atoms with Gasteiger partial charge in [0.1, 0.15) is 0 Å². The first kappa shape index (κ1) is 13.8. The summed E-state index contributed by atoms with van der Waals surface area (Å²) in [6.45, 7) is 11.4. The molecule has 0 aromatic rings. The standard InChI is InChI=1S/C15H28O/c1-11(2)10-14(15(3,4)5)12-6-8-13(16)9-7-12/h10,12-14,16H,6-9H2,1-5H3. The Balaban J connectivity index is 2.74. The van der Waals surface area contributed by atoms with Crippen molar-refractivity contribution in [1.82, 2.24) is 0 Å². The summed E-state index contributed by atoms with van der Waals surface area (Å²) in [5.74, 6) is 1.42. The zero-order valence-corrected chi connectivity index (χ0v) is 11.6. The summed E-state index contributed by atoms with van der Waals surface area (Å²) in [7, 11) is 0. The van der Waals surface area contributed by atoms with Crippen LogP contribution in [0.4, 0.5) is 0 Å². The van der Waals surface area contributed by atoms with Crippen molar-refractivity contribution < 1.29 is 5.11 Å². The second kappa shape index (κ2) is 5.35. The van der Waals surface area contributed by atoms with Gasteiger partial charge in [-0.15, -0.1) is 0 Å². The predicted octanol–water partition coefficient (Wildman–Crippen LogP) is 4.17. The molecule has 1 rings (SSSR count). The van der Waals surface area contributed by atoms with Crippen LogP contribution in [0.3, 0.4) is 0 Å². The van der Waals surface area contributed by atoms with E-state index < -0.39 is 0 Å². The highest BCUT2D eigenvalue weighted by Crippen LogP contribution is 2.41. The number of hydrogen-bond acceptors (Lipinski definition) is 1. The average molecular weight is 224 g/mol. The van der Waals surface area contributed by atoms with Gasteiger partial charge in [-0.05, 0) is 56.8 Å². The molecular weight excluding hydrogens is 196 g/mol. The van der Waals surface area contributed by atoms with Crippen molar-refractivity contribution in [1.29, 1.82) is 0 Å². The molecule has 1 aliphatic carbocycles. The smallest absolute Gasteiger partial charge is 0.0540 e. The van der Waals surface area contributed by atoms with E-state index in [-0.39, 0.29) is 6.10 Å². The summed E-state index contributed by atoms with van der Waals surface area (Å²) >= 11 is 0. The Morgan fingerprint density at radius 2 is 1.62 bits per heavy atom. The van der Waals surface area contributed by atoms with E-state index >= 15 is 0 Å². The summed E-state index contributed by atoms with van der Waals surface area (Å²) < 4.78 is 0. The topological polar surface area (TPSA) is 20.2 Å². The minimum absolute atomic E-state index is 0.0384. The first-order valence-electron chi connectivity index (χ1n) is 6.64. The van der Waals surface area contributed by atoms with Gasteiger partial charge in [0.25, 0.3) is 0 Å². The van der Waals surface area contributed by atoms with E-state index in [2.05, 4.69) is 40.7 Å². The lowest BCUT2D eigenvalue weighted by atomic mass is 9.67. The van der Waals surface area contributed by atoms with E-state index in [0.717, 1.165) is 18.8 Å². The SMILES string of the molecule is CC(C)=CC(C1CCC(O)CC1)C(C)(C)C. The normalized spacial score (nSPS) is 28.6. The Morgan fingerprint density at radius 3 is 2.00 bits per heavy atom. The fourth-order valence-electron chi connectivity index (χ4n) is 2.91. The molecule has 0 aliphatic heterocycles. The Morgan fingerprint density at radius 1 is 1.12 bits per heavy atom. The number of hydrogen-bond donors (Lipinski definition) is 1. The van der Waals surface area contributed by atoms with Crippen LogP contribution in [-0.4, -0.2) is 11.2 Å². The van der Waals surface area contributed by atoms with Gasteiger partial charge in [-0.25, -0.2) is 0 Å². The molecule has 94 valence electrons. The number of aliphatic hydroxyl groups excluding tert-OH is 1. The molecule has 0 bridgehead atoms. The maximum absolute atomic E-state index is 9.58. The molecule has 1 aliphatic rings. The van der Waals surface area contributed by atoms with E-state index in [1.54, 1.807) is 0 Å². The third-order valence-electron chi connectivity index (χ3n) is 3.76. The quantitative estimate of drug-likeness (QED) is 0.698. The highest BCUT2D eigenvalue weighted by Gasteiger charge is 2.32. The Kier molecular flexibility index (Phi) is 4.61. The van der Waals surface area contributed by atoms with Crippen molar-refractivity contribution in [2.24, 2.45) is 17.3 Å². The van der Waals surface area contributed by atoms with Crippen molar-refractivity contribution in [3.8, 4) is 0 Å². The van der Waals surface area contributed by atoms with Crippen molar-refractivity contribution in [3.63, 3.8) is 0 Å². The van der Waals surface area contributed by atoms with E-state index in [1.165, 1.54) is 18.4 Å². The molecule has 0 aromatic heterocycles. The third-order valence-corrected chi connectivity index (χ3v) is 3.76. The molecule has 0 radical (unpaired) electrons. The first-order valence-corrected chi connectivity index (χ1v) is 6.64. The Labute approximate surface area is 101 Å². The molecule has 0 saturated heterocycles. The van der Waals surface area contributed by atoms with Crippen LogP contribution >= 0.6 is 0 Å². The molecule has 1 nitrogen and oxygen atoms in total. The molecule has 1 unspecified atom stereocenters. The second-order valence-electron chi connectivity index (χ2n) is 6.70. The minimum Gasteiger partial charge on any atom is -0.393 e. The van der Waals surface area contributed by atoms with Gasteiger partial charge >= 0.3 is 0 Å². The van der Waals surface area contributed by atoms with Gasteiger partial charge < -0.3 is 5.11 Å². The molecule has 1 N–H and O–H groups in total. The summed E-state index contributed by atoms with van der Waals surface area (Å²) in [6, 6.07) is 0. The van der Waals surface area contributed by atoms with E-state index in [1.807, 2.05) is 0 Å². The van der Waals surface area contributed by atoms with Crippen LogP contribution in [-0.2, 0) is 0 Å². The van der Waals surface area contributed by atoms with Crippen LogP contribution < -0.4 is 0 Å². The van der Waals surface area contributed by atoms with Crippen molar-refractivity contribution in [2.75, 3.05) is 0 Å². The van der Waals surface area contributed by atoms with Crippen LogP contribution in [0.15, 0.2) is 11.6 Å². The molecule has 16 heavy (non-hydrogen) atoms. The lowest BCUT2D eigenvalue weighted by Gasteiger charge is -2.38. The fourth-order valence-corrected chi connectivity index (χ4v) is 2.91. The largest absolute Gasteiger partial charge is 0.393 e. The first-order chi connectivity index (χ1) is 7.30. The maximum atomic E-state index is 9.58. The highest BCUT2D eigenvalue weighted by molar-refractivity contribution is 5.03. The number of allylic oxidation sites excluding steroid dienone is 2. The Bertz CT molecular complexity index is 235. The van der Waals surface area contributed by atoms with Gasteiger partial charge in [-0.2, -0.15) is 0 Å². The van der Waals surface area contributed by atoms with Crippen LogP contribution in [0.1, 0.15) is 60.3 Å². The van der Waals surface area contributed by atoms with Crippen molar-refractivity contribution >= 4 is 0 Å². The third kappa shape index (κ3) is 3.93. The fraction of sp³-hybridized carbons (Fsp3) is 0.867. The number of rotatable bonds is 2. The van der Waals surface area contributed by atoms with Crippen LogP contribution in [0.2, 0.25) is 0 Å². The lowest BCUT2D eigenvalue weighted by molar-refractivity contribution is 0.0755. The van der Waals surface area contributed by atoms with Crippen LogP contribution in [0.5, 0.6) is 0 Å². The molecule has 0 spiro atoms. The molecule has 1 heteroatoms. The Hall–Kier alpha value is -0.300. The van der Waals surface area contributed by atoms with Gasteiger partial charge in [0, 0.05) is 0 Å². The van der Waals surface area contributed by atoms with Gasteiger partial charge in [-0.3, -0.25) is 0 Å². The maximum Gasteiger partial charge on any atom is 0.0540 e. The molecule has 0 amide bonds. The molecule has 1 fully saturated rings. The molecular formula is C15H28O. The van der Waals surface area contributed by atoms with Gasteiger partial charge in [0.05, 0.1) is 6.10 Å².